The highest BCUT2D eigenvalue weighted by Crippen LogP contribution is 2.53. The van der Waals surface area contributed by atoms with E-state index in [0.29, 0.717) is 26.7 Å². The molecule has 0 aliphatic carbocycles. The lowest BCUT2D eigenvalue weighted by Crippen LogP contribution is -2.32. The van der Waals surface area contributed by atoms with Gasteiger partial charge >= 0.3 is 10.8 Å². The van der Waals surface area contributed by atoms with Crippen LogP contribution in [0.2, 0.25) is 0 Å². The van der Waals surface area contributed by atoms with Crippen molar-refractivity contribution >= 4 is 58.2 Å². The number of rotatable bonds is 9. The number of anilines is 2. The lowest BCUT2D eigenvalue weighted by molar-refractivity contribution is -0.122. The first-order chi connectivity index (χ1) is 22.2. The zero-order chi connectivity index (χ0) is 32.5. The Balaban J connectivity index is 1.22. The van der Waals surface area contributed by atoms with E-state index in [1.807, 2.05) is 0 Å². The quantitative estimate of drug-likeness (QED) is 0.194. The van der Waals surface area contributed by atoms with Gasteiger partial charge in [-0.15, -0.1) is 0 Å². The average Bonchev–Trinajstić information content (AvgIpc) is 3.54. The van der Waals surface area contributed by atoms with E-state index in [0.717, 1.165) is 28.0 Å². The van der Waals surface area contributed by atoms with Crippen LogP contribution in [0.4, 0.5) is 15.8 Å². The molecule has 0 saturated carbocycles. The molecule has 236 valence electrons. The zero-order valence-corrected chi connectivity index (χ0v) is 26.0. The molecule has 2 N–H and O–H groups in total. The first-order valence-electron chi connectivity index (χ1n) is 14.1. The van der Waals surface area contributed by atoms with E-state index in [9.17, 15) is 28.4 Å². The number of methoxy groups -OCH3 is 1. The van der Waals surface area contributed by atoms with E-state index in [1.54, 1.807) is 49.4 Å². The molecule has 3 heterocycles. The first kappa shape index (κ1) is 31.0. The highest BCUT2D eigenvalue weighted by Gasteiger charge is 2.56. The van der Waals surface area contributed by atoms with Gasteiger partial charge in [0.2, 0.25) is 11.8 Å². The summed E-state index contributed by atoms with van der Waals surface area (Å²) in [6, 6.07) is 16.3. The molecular formula is C32H26FN3O8S2. The van der Waals surface area contributed by atoms with Gasteiger partial charge in [0.05, 0.1) is 35.9 Å². The summed E-state index contributed by atoms with van der Waals surface area (Å²) in [6.07, 6.45) is 0. The minimum atomic E-state index is -0.848. The zero-order valence-electron chi connectivity index (χ0n) is 24.4. The fourth-order valence-electron chi connectivity index (χ4n) is 5.46. The van der Waals surface area contributed by atoms with Crippen LogP contribution in [0, 0.1) is 11.7 Å². The molecule has 4 aromatic rings. The lowest BCUT2D eigenvalue weighted by Gasteiger charge is -2.30. The van der Waals surface area contributed by atoms with Gasteiger partial charge < -0.3 is 24.5 Å². The summed E-state index contributed by atoms with van der Waals surface area (Å²) in [7, 11) is 1.43. The number of thioether (sulfide) groups is 1. The first-order valence-corrected chi connectivity index (χ1v) is 15.8. The number of hydrogen-bond acceptors (Lipinski definition) is 10. The highest BCUT2D eigenvalue weighted by atomic mass is 32.2. The molecule has 11 nitrogen and oxygen atoms in total. The highest BCUT2D eigenvalue weighted by molar-refractivity contribution is 8.00. The van der Waals surface area contributed by atoms with E-state index >= 15 is 0 Å². The number of nitrogens with one attached hydrogen (secondary N) is 2. The van der Waals surface area contributed by atoms with Crippen LogP contribution in [0.3, 0.4) is 0 Å². The van der Waals surface area contributed by atoms with Gasteiger partial charge in [-0.3, -0.25) is 19.2 Å². The second-order valence-corrected chi connectivity index (χ2v) is 12.4. The summed E-state index contributed by atoms with van der Waals surface area (Å²) in [5.41, 5.74) is 1.68. The predicted molar refractivity (Wildman–Crippen MR) is 168 cm³/mol. The maximum absolute atomic E-state index is 13.9. The number of carbonyl (C=O) groups excluding carboxylic acids is 4. The van der Waals surface area contributed by atoms with Crippen LogP contribution in [0.5, 0.6) is 11.5 Å². The van der Waals surface area contributed by atoms with Crippen molar-refractivity contribution in [1.82, 2.24) is 4.98 Å². The molecule has 2 aliphatic rings. The Hall–Kier alpha value is -4.95. The Morgan fingerprint density at radius 1 is 0.978 bits per heavy atom. The molecule has 0 radical (unpaired) electrons. The number of hydrogen-bond donors (Lipinski definition) is 2. The average molecular weight is 664 g/mol. The maximum Gasteiger partial charge on any atom is 0.338 e. The molecule has 6 rings (SSSR count). The fourth-order valence-corrected chi connectivity index (χ4v) is 7.98. The van der Waals surface area contributed by atoms with Crippen molar-refractivity contribution in [3.63, 3.8) is 0 Å². The van der Waals surface area contributed by atoms with Crippen LogP contribution >= 0.6 is 23.1 Å². The van der Waals surface area contributed by atoms with Gasteiger partial charge in [0.1, 0.15) is 11.1 Å². The number of thiazole rings is 1. The predicted octanol–water partition coefficient (Wildman–Crippen LogP) is 4.57. The monoisotopic (exact) mass is 663 g/mol. The van der Waals surface area contributed by atoms with Crippen molar-refractivity contribution in [3.05, 3.63) is 98.2 Å². The third-order valence-electron chi connectivity index (χ3n) is 7.49. The smallest absolute Gasteiger partial charge is 0.338 e. The van der Waals surface area contributed by atoms with E-state index in [1.165, 1.54) is 31.4 Å². The van der Waals surface area contributed by atoms with Crippen LogP contribution in [0.1, 0.15) is 33.6 Å². The summed E-state index contributed by atoms with van der Waals surface area (Å²) < 4.78 is 29.9. The van der Waals surface area contributed by atoms with Gasteiger partial charge in [-0.05, 0) is 73.2 Å². The Kier molecular flexibility index (Phi) is 8.65. The van der Waals surface area contributed by atoms with Gasteiger partial charge in [-0.25, -0.2) is 14.1 Å². The second kappa shape index (κ2) is 12.8. The molecule has 3 aromatic carbocycles. The Morgan fingerprint density at radius 2 is 1.72 bits per heavy atom. The minimum absolute atomic E-state index is 0.253. The Bertz CT molecular complexity index is 1890. The van der Waals surface area contributed by atoms with Gasteiger partial charge in [-0.1, -0.05) is 29.2 Å². The number of carbonyl (C=O) groups is 4. The second-order valence-electron chi connectivity index (χ2n) is 10.3. The van der Waals surface area contributed by atoms with Crippen molar-refractivity contribution in [2.24, 2.45) is 5.92 Å². The molecule has 14 heteroatoms. The third-order valence-corrected chi connectivity index (χ3v) is 9.90. The van der Waals surface area contributed by atoms with Crippen molar-refractivity contribution in [2.45, 2.75) is 23.1 Å². The molecule has 0 bridgehead atoms. The van der Waals surface area contributed by atoms with E-state index in [-0.39, 0.29) is 35.3 Å². The normalized spacial score (nSPS) is 18.5. The Labute approximate surface area is 269 Å². The lowest BCUT2D eigenvalue weighted by atomic mass is 9.83. The van der Waals surface area contributed by atoms with E-state index < -0.39 is 46.6 Å². The molecule has 1 fully saturated rings. The number of esters is 1. The maximum atomic E-state index is 13.9. The fraction of sp³-hybridized carbons (Fsp3) is 0.219. The van der Waals surface area contributed by atoms with Crippen LogP contribution < -0.4 is 24.6 Å². The van der Waals surface area contributed by atoms with Crippen molar-refractivity contribution < 1.29 is 37.8 Å². The number of aromatic nitrogens is 1. The van der Waals surface area contributed by atoms with Gasteiger partial charge in [-0.2, -0.15) is 0 Å². The van der Waals surface area contributed by atoms with Crippen LogP contribution in [-0.2, 0) is 19.1 Å². The summed E-state index contributed by atoms with van der Waals surface area (Å²) in [5.74, 6) is -3.32. The summed E-state index contributed by atoms with van der Waals surface area (Å²) in [6.45, 7) is 1.61. The molecule has 1 aromatic heterocycles. The minimum Gasteiger partial charge on any atom is -0.493 e. The van der Waals surface area contributed by atoms with E-state index in [4.69, 9.17) is 14.2 Å². The molecule has 46 heavy (non-hydrogen) atoms. The van der Waals surface area contributed by atoms with Gasteiger partial charge in [0.25, 0.3) is 5.91 Å². The number of fused-ring (bicyclic) bond motifs is 2. The molecule has 1 saturated heterocycles. The number of amides is 3. The van der Waals surface area contributed by atoms with Crippen LogP contribution in [-0.4, -0.2) is 54.2 Å². The number of nitrogens with zero attached hydrogens (tertiary/aromatic N) is 1. The molecule has 0 spiro atoms. The molecule has 3 unspecified atom stereocenters. The Morgan fingerprint density at radius 3 is 2.41 bits per heavy atom. The van der Waals surface area contributed by atoms with Crippen LogP contribution in [0.25, 0.3) is 0 Å². The van der Waals surface area contributed by atoms with Gasteiger partial charge in [0.15, 0.2) is 18.1 Å². The standard InChI is InChI=1S/C32H26FN3O8S2/c1-3-43-31(40)16-4-9-19(10-5-16)34-23(37)15-44-21-13-6-17(14-22(21)42-2)24-25-27(45-28-26(24)46-32(41)35-28)30(39)36(29(25)38)20-11-7-18(33)8-12-20/h4-14,24-25,27H,3,15H2,1-2H3,(H,34,37)(H,35,41). The molecule has 3 amide bonds. The largest absolute Gasteiger partial charge is 0.493 e. The third kappa shape index (κ3) is 5.88. The SMILES string of the molecule is CCOC(=O)c1ccc(NC(=O)COc2ccc(C3c4sc(=O)[nH]c4SC4C(=O)N(c5ccc(F)cc5)C(=O)C43)cc2OC)cc1. The van der Waals surface area contributed by atoms with E-state index in [2.05, 4.69) is 10.3 Å². The number of ether oxygens (including phenoxy) is 3. The summed E-state index contributed by atoms with van der Waals surface area (Å²) in [5, 5.41) is 2.38. The van der Waals surface area contributed by atoms with Crippen LogP contribution in [0.15, 0.2) is 76.6 Å². The number of halogens is 1. The molecule has 3 atom stereocenters. The molecule has 2 aliphatic heterocycles. The summed E-state index contributed by atoms with van der Waals surface area (Å²) >= 11 is 2.10. The van der Waals surface area contributed by atoms with Crippen molar-refractivity contribution in [2.75, 3.05) is 30.5 Å². The molecular weight excluding hydrogens is 637 g/mol. The number of aromatic amines is 1. The topological polar surface area (TPSA) is 144 Å². The summed E-state index contributed by atoms with van der Waals surface area (Å²) in [4.78, 5) is 68.4. The number of H-pyrrole nitrogens is 1. The number of imide groups is 1. The van der Waals surface area contributed by atoms with Crippen molar-refractivity contribution in [1.29, 1.82) is 0 Å². The van der Waals surface area contributed by atoms with Gasteiger partial charge in [0, 0.05) is 16.5 Å². The van der Waals surface area contributed by atoms with Crippen molar-refractivity contribution in [3.8, 4) is 11.5 Å². The number of benzene rings is 3.